The van der Waals surface area contributed by atoms with Crippen molar-refractivity contribution < 1.29 is 14.6 Å². The minimum absolute atomic E-state index is 0.192. The van der Waals surface area contributed by atoms with E-state index in [0.29, 0.717) is 25.4 Å². The molecule has 1 aliphatic rings. The van der Waals surface area contributed by atoms with E-state index in [1.165, 1.54) is 17.3 Å². The van der Waals surface area contributed by atoms with Crippen molar-refractivity contribution in [2.24, 2.45) is 0 Å². The number of hydrogen-bond acceptors (Lipinski definition) is 5. The van der Waals surface area contributed by atoms with E-state index < -0.39 is 6.09 Å². The second kappa shape index (κ2) is 6.53. The Morgan fingerprint density at radius 2 is 1.95 bits per heavy atom. The largest absolute Gasteiger partial charge is 0.489 e. The molecule has 0 radical (unpaired) electrons. The summed E-state index contributed by atoms with van der Waals surface area (Å²) in [5.41, 5.74) is 0. The number of carbonyl (C=O) groups is 1. The molecule has 0 bridgehead atoms. The molecule has 1 aromatic heterocycles. The standard InChI is InChI=1S/C11H15ClN4O3/c12-10-13-7-9(8-14-10)19-6-5-15-1-3-16(4-2-15)11(17)18/h7-8H,1-6H2,(H,17,18). The molecule has 1 aliphatic heterocycles. The van der Waals surface area contributed by atoms with Crippen molar-refractivity contribution in [1.82, 2.24) is 19.8 Å². The fourth-order valence-corrected chi connectivity index (χ4v) is 1.93. The number of piperazine rings is 1. The predicted molar refractivity (Wildman–Crippen MR) is 68.6 cm³/mol. The maximum atomic E-state index is 10.7. The van der Waals surface area contributed by atoms with E-state index in [0.717, 1.165) is 19.6 Å². The van der Waals surface area contributed by atoms with Crippen LogP contribution < -0.4 is 4.74 Å². The zero-order valence-electron chi connectivity index (χ0n) is 10.3. The fraction of sp³-hybridized carbons (Fsp3) is 0.545. The molecule has 0 saturated carbocycles. The summed E-state index contributed by atoms with van der Waals surface area (Å²) in [6, 6.07) is 0. The normalized spacial score (nSPS) is 16.4. The molecule has 104 valence electrons. The third-order valence-corrected chi connectivity index (χ3v) is 3.11. The third kappa shape index (κ3) is 4.22. The van der Waals surface area contributed by atoms with Gasteiger partial charge in [0.1, 0.15) is 6.61 Å². The molecule has 1 amide bonds. The van der Waals surface area contributed by atoms with Gasteiger partial charge in [-0.25, -0.2) is 14.8 Å². The molecule has 0 spiro atoms. The van der Waals surface area contributed by atoms with Crippen molar-refractivity contribution in [2.75, 3.05) is 39.3 Å². The lowest BCUT2D eigenvalue weighted by Gasteiger charge is -2.32. The Hall–Kier alpha value is -1.60. The lowest BCUT2D eigenvalue weighted by atomic mass is 10.3. The molecule has 19 heavy (non-hydrogen) atoms. The van der Waals surface area contributed by atoms with Gasteiger partial charge in [-0.05, 0) is 11.6 Å². The van der Waals surface area contributed by atoms with Crippen molar-refractivity contribution >= 4 is 17.7 Å². The van der Waals surface area contributed by atoms with Crippen LogP contribution in [-0.2, 0) is 0 Å². The number of carboxylic acid groups (broad SMARTS) is 1. The zero-order chi connectivity index (χ0) is 13.7. The summed E-state index contributed by atoms with van der Waals surface area (Å²) < 4.78 is 5.48. The van der Waals surface area contributed by atoms with Gasteiger partial charge in [0, 0.05) is 32.7 Å². The number of hydrogen-bond donors (Lipinski definition) is 1. The van der Waals surface area contributed by atoms with Crippen molar-refractivity contribution in [1.29, 1.82) is 0 Å². The van der Waals surface area contributed by atoms with Gasteiger partial charge in [-0.2, -0.15) is 0 Å². The maximum Gasteiger partial charge on any atom is 0.407 e. The summed E-state index contributed by atoms with van der Waals surface area (Å²) in [4.78, 5) is 22.0. The van der Waals surface area contributed by atoms with Crippen LogP contribution in [0.3, 0.4) is 0 Å². The van der Waals surface area contributed by atoms with Crippen molar-refractivity contribution in [3.05, 3.63) is 17.7 Å². The summed E-state index contributed by atoms with van der Waals surface area (Å²) >= 11 is 5.57. The van der Waals surface area contributed by atoms with Crippen LogP contribution in [0.2, 0.25) is 5.28 Å². The highest BCUT2D eigenvalue weighted by Crippen LogP contribution is 2.09. The summed E-state index contributed by atoms with van der Waals surface area (Å²) in [7, 11) is 0. The second-order valence-corrected chi connectivity index (χ2v) is 4.49. The van der Waals surface area contributed by atoms with Crippen LogP contribution in [0.5, 0.6) is 5.75 Å². The quantitative estimate of drug-likeness (QED) is 0.825. The van der Waals surface area contributed by atoms with Crippen LogP contribution in [0.1, 0.15) is 0 Å². The van der Waals surface area contributed by atoms with Crippen LogP contribution in [0.15, 0.2) is 12.4 Å². The van der Waals surface area contributed by atoms with E-state index in [2.05, 4.69) is 14.9 Å². The van der Waals surface area contributed by atoms with Crippen molar-refractivity contribution in [2.45, 2.75) is 0 Å². The molecule has 2 rings (SSSR count). The van der Waals surface area contributed by atoms with Gasteiger partial charge in [0.2, 0.25) is 5.28 Å². The van der Waals surface area contributed by atoms with Gasteiger partial charge in [0.05, 0.1) is 12.4 Å². The minimum Gasteiger partial charge on any atom is -0.489 e. The molecule has 0 aromatic carbocycles. The minimum atomic E-state index is -0.853. The first-order valence-corrected chi connectivity index (χ1v) is 6.33. The van der Waals surface area contributed by atoms with E-state index in [1.54, 1.807) is 0 Å². The Morgan fingerprint density at radius 1 is 1.32 bits per heavy atom. The molecular formula is C11H15ClN4O3. The first-order valence-electron chi connectivity index (χ1n) is 5.96. The van der Waals surface area contributed by atoms with Gasteiger partial charge >= 0.3 is 6.09 Å². The number of ether oxygens (including phenoxy) is 1. The highest BCUT2D eigenvalue weighted by Gasteiger charge is 2.19. The van der Waals surface area contributed by atoms with Gasteiger partial charge in [0.25, 0.3) is 0 Å². The van der Waals surface area contributed by atoms with Crippen LogP contribution in [0, 0.1) is 0 Å². The topological polar surface area (TPSA) is 78.8 Å². The smallest absolute Gasteiger partial charge is 0.407 e. The molecule has 1 fully saturated rings. The predicted octanol–water partition coefficient (Wildman–Crippen LogP) is 0.804. The van der Waals surface area contributed by atoms with Crippen LogP contribution >= 0.6 is 11.6 Å². The molecular weight excluding hydrogens is 272 g/mol. The van der Waals surface area contributed by atoms with E-state index in [-0.39, 0.29) is 5.28 Å². The number of amides is 1. The molecule has 1 aromatic rings. The van der Waals surface area contributed by atoms with E-state index in [4.69, 9.17) is 21.4 Å². The Balaban J connectivity index is 1.67. The van der Waals surface area contributed by atoms with Crippen LogP contribution in [0.4, 0.5) is 4.79 Å². The zero-order valence-corrected chi connectivity index (χ0v) is 11.1. The molecule has 7 nitrogen and oxygen atoms in total. The highest BCUT2D eigenvalue weighted by molar-refractivity contribution is 6.28. The average molecular weight is 287 g/mol. The lowest BCUT2D eigenvalue weighted by molar-refractivity contribution is 0.0984. The molecule has 0 atom stereocenters. The van der Waals surface area contributed by atoms with E-state index in [1.807, 2.05) is 0 Å². The number of halogens is 1. The number of nitrogens with zero attached hydrogens (tertiary/aromatic N) is 4. The van der Waals surface area contributed by atoms with Gasteiger partial charge in [-0.15, -0.1) is 0 Å². The summed E-state index contributed by atoms with van der Waals surface area (Å²) in [5.74, 6) is 0.577. The van der Waals surface area contributed by atoms with E-state index >= 15 is 0 Å². The van der Waals surface area contributed by atoms with Crippen LogP contribution in [-0.4, -0.2) is 70.3 Å². The summed E-state index contributed by atoms with van der Waals surface area (Å²) in [6.07, 6.45) is 2.20. The summed E-state index contributed by atoms with van der Waals surface area (Å²) in [5, 5.41) is 9.02. The Bertz CT molecular complexity index is 420. The summed E-state index contributed by atoms with van der Waals surface area (Å²) in [6.45, 7) is 3.80. The fourth-order valence-electron chi connectivity index (χ4n) is 1.83. The van der Waals surface area contributed by atoms with Gasteiger partial charge in [0.15, 0.2) is 5.75 Å². The number of rotatable bonds is 4. The van der Waals surface area contributed by atoms with Crippen molar-refractivity contribution in [3.8, 4) is 5.75 Å². The Morgan fingerprint density at radius 3 is 2.53 bits per heavy atom. The molecule has 8 heteroatoms. The van der Waals surface area contributed by atoms with Gasteiger partial charge in [-0.1, -0.05) is 0 Å². The monoisotopic (exact) mass is 286 g/mol. The van der Waals surface area contributed by atoms with Crippen molar-refractivity contribution in [3.63, 3.8) is 0 Å². The van der Waals surface area contributed by atoms with Crippen LogP contribution in [0.25, 0.3) is 0 Å². The third-order valence-electron chi connectivity index (χ3n) is 2.92. The van der Waals surface area contributed by atoms with Gasteiger partial charge in [-0.3, -0.25) is 4.90 Å². The highest BCUT2D eigenvalue weighted by atomic mass is 35.5. The molecule has 2 heterocycles. The Labute approximate surface area is 115 Å². The second-order valence-electron chi connectivity index (χ2n) is 4.15. The number of aromatic nitrogens is 2. The Kier molecular flexibility index (Phi) is 4.75. The molecule has 1 N–H and O–H groups in total. The average Bonchev–Trinajstić information content (AvgIpc) is 2.41. The lowest BCUT2D eigenvalue weighted by Crippen LogP contribution is -2.49. The first kappa shape index (κ1) is 13.8. The molecule has 0 aliphatic carbocycles. The maximum absolute atomic E-state index is 10.7. The SMILES string of the molecule is O=C(O)N1CCN(CCOc2cnc(Cl)nc2)CC1. The molecule has 1 saturated heterocycles. The first-order chi connectivity index (χ1) is 9.15. The molecule has 0 unspecified atom stereocenters. The van der Waals surface area contributed by atoms with Gasteiger partial charge < -0.3 is 14.7 Å². The van der Waals surface area contributed by atoms with E-state index in [9.17, 15) is 4.79 Å².